The SMILES string of the molecule is Cc1cc(C)cc(OCCC(=O)Nc2ccc(OCC(=O)N(C)C)cc2)c1. The highest BCUT2D eigenvalue weighted by atomic mass is 16.5. The molecule has 0 saturated carbocycles. The third-order valence-corrected chi connectivity index (χ3v) is 3.79. The summed E-state index contributed by atoms with van der Waals surface area (Å²) >= 11 is 0. The lowest BCUT2D eigenvalue weighted by atomic mass is 10.1. The van der Waals surface area contributed by atoms with Gasteiger partial charge in [-0.1, -0.05) is 6.07 Å². The van der Waals surface area contributed by atoms with Gasteiger partial charge in [-0.15, -0.1) is 0 Å². The van der Waals surface area contributed by atoms with Crippen LogP contribution in [0.15, 0.2) is 42.5 Å². The Morgan fingerprint density at radius 1 is 0.926 bits per heavy atom. The van der Waals surface area contributed by atoms with Crippen LogP contribution in [0.1, 0.15) is 17.5 Å². The summed E-state index contributed by atoms with van der Waals surface area (Å²) in [6.45, 7) is 4.31. The first kappa shape index (κ1) is 20.3. The van der Waals surface area contributed by atoms with Gasteiger partial charge in [0.25, 0.3) is 5.91 Å². The summed E-state index contributed by atoms with van der Waals surface area (Å²) in [6.07, 6.45) is 0.253. The number of amides is 2. The number of carbonyl (C=O) groups excluding carboxylic acids is 2. The lowest BCUT2D eigenvalue weighted by molar-refractivity contribution is -0.130. The minimum absolute atomic E-state index is 0.0194. The molecule has 0 aliphatic carbocycles. The Morgan fingerprint density at radius 3 is 2.15 bits per heavy atom. The van der Waals surface area contributed by atoms with Gasteiger partial charge in [0.1, 0.15) is 11.5 Å². The molecule has 6 heteroatoms. The molecule has 0 unspecified atom stereocenters. The van der Waals surface area contributed by atoms with Crippen LogP contribution in [0.25, 0.3) is 0 Å². The Hall–Kier alpha value is -3.02. The molecule has 0 aliphatic heterocycles. The van der Waals surface area contributed by atoms with E-state index < -0.39 is 0 Å². The van der Waals surface area contributed by atoms with Gasteiger partial charge in [0.2, 0.25) is 5.91 Å². The number of carbonyl (C=O) groups is 2. The zero-order chi connectivity index (χ0) is 19.8. The van der Waals surface area contributed by atoms with Crippen LogP contribution in [-0.2, 0) is 9.59 Å². The van der Waals surface area contributed by atoms with E-state index in [2.05, 4.69) is 11.4 Å². The van der Waals surface area contributed by atoms with Crippen LogP contribution in [0.2, 0.25) is 0 Å². The van der Waals surface area contributed by atoms with E-state index in [0.717, 1.165) is 16.9 Å². The fraction of sp³-hybridized carbons (Fsp3) is 0.333. The predicted molar refractivity (Wildman–Crippen MR) is 105 cm³/mol. The van der Waals surface area contributed by atoms with E-state index in [9.17, 15) is 9.59 Å². The summed E-state index contributed by atoms with van der Waals surface area (Å²) in [5, 5.41) is 2.81. The number of anilines is 1. The topological polar surface area (TPSA) is 67.9 Å². The highest BCUT2D eigenvalue weighted by molar-refractivity contribution is 5.90. The van der Waals surface area contributed by atoms with Crippen LogP contribution in [-0.4, -0.2) is 44.0 Å². The first-order valence-electron chi connectivity index (χ1n) is 8.77. The number of benzene rings is 2. The summed E-state index contributed by atoms with van der Waals surface area (Å²) in [5.41, 5.74) is 2.92. The monoisotopic (exact) mass is 370 g/mol. The van der Waals surface area contributed by atoms with Gasteiger partial charge in [0, 0.05) is 19.8 Å². The van der Waals surface area contributed by atoms with E-state index in [1.807, 2.05) is 26.0 Å². The maximum atomic E-state index is 12.0. The van der Waals surface area contributed by atoms with Crippen LogP contribution in [0.3, 0.4) is 0 Å². The maximum absolute atomic E-state index is 12.0. The lowest BCUT2D eigenvalue weighted by Crippen LogP contribution is -2.27. The minimum Gasteiger partial charge on any atom is -0.493 e. The summed E-state index contributed by atoms with van der Waals surface area (Å²) in [6, 6.07) is 12.9. The minimum atomic E-state index is -0.129. The molecule has 6 nitrogen and oxygen atoms in total. The highest BCUT2D eigenvalue weighted by Crippen LogP contribution is 2.17. The first-order chi connectivity index (χ1) is 12.8. The molecule has 2 aromatic carbocycles. The fourth-order valence-electron chi connectivity index (χ4n) is 2.41. The second-order valence-corrected chi connectivity index (χ2v) is 6.57. The van der Waals surface area contributed by atoms with Gasteiger partial charge in [0.15, 0.2) is 6.61 Å². The van der Waals surface area contributed by atoms with Crippen molar-refractivity contribution in [2.24, 2.45) is 0 Å². The molecule has 2 aromatic rings. The molecule has 0 heterocycles. The summed E-state index contributed by atoms with van der Waals surface area (Å²) in [5.74, 6) is 1.10. The van der Waals surface area contributed by atoms with Crippen LogP contribution in [0.4, 0.5) is 5.69 Å². The third kappa shape index (κ3) is 7.01. The van der Waals surface area contributed by atoms with Gasteiger partial charge in [-0.05, 0) is 61.4 Å². The highest BCUT2D eigenvalue weighted by Gasteiger charge is 2.06. The van der Waals surface area contributed by atoms with Crippen molar-refractivity contribution in [2.45, 2.75) is 20.3 Å². The molecule has 0 aromatic heterocycles. The molecule has 0 radical (unpaired) electrons. The molecular weight excluding hydrogens is 344 g/mol. The van der Waals surface area contributed by atoms with Gasteiger partial charge >= 0.3 is 0 Å². The van der Waals surface area contributed by atoms with Gasteiger partial charge in [-0.25, -0.2) is 0 Å². The van der Waals surface area contributed by atoms with E-state index >= 15 is 0 Å². The maximum Gasteiger partial charge on any atom is 0.259 e. The molecule has 0 saturated heterocycles. The molecule has 0 spiro atoms. The normalized spacial score (nSPS) is 10.2. The summed E-state index contributed by atoms with van der Waals surface area (Å²) < 4.78 is 11.1. The summed E-state index contributed by atoms with van der Waals surface area (Å²) in [7, 11) is 3.35. The van der Waals surface area contributed by atoms with Crippen molar-refractivity contribution in [1.29, 1.82) is 0 Å². The number of hydrogen-bond acceptors (Lipinski definition) is 4. The van der Waals surface area contributed by atoms with Crippen molar-refractivity contribution in [1.82, 2.24) is 4.90 Å². The number of likely N-dealkylation sites (N-methyl/N-ethyl adjacent to an activating group) is 1. The first-order valence-corrected chi connectivity index (χ1v) is 8.77. The Balaban J connectivity index is 1.76. The van der Waals surface area contributed by atoms with Crippen molar-refractivity contribution in [3.8, 4) is 11.5 Å². The van der Waals surface area contributed by atoms with E-state index in [1.165, 1.54) is 4.90 Å². The Labute approximate surface area is 160 Å². The van der Waals surface area contributed by atoms with E-state index in [0.29, 0.717) is 18.0 Å². The molecule has 2 amide bonds. The number of ether oxygens (including phenoxy) is 2. The van der Waals surface area contributed by atoms with Crippen molar-refractivity contribution in [3.05, 3.63) is 53.6 Å². The zero-order valence-corrected chi connectivity index (χ0v) is 16.2. The number of aryl methyl sites for hydroxylation is 2. The van der Waals surface area contributed by atoms with Crippen molar-refractivity contribution in [3.63, 3.8) is 0 Å². The van der Waals surface area contributed by atoms with Crippen molar-refractivity contribution in [2.75, 3.05) is 32.6 Å². The third-order valence-electron chi connectivity index (χ3n) is 3.79. The van der Waals surface area contributed by atoms with Crippen LogP contribution in [0.5, 0.6) is 11.5 Å². The van der Waals surface area contributed by atoms with Gasteiger partial charge in [-0.3, -0.25) is 9.59 Å². The van der Waals surface area contributed by atoms with Gasteiger partial charge in [-0.2, -0.15) is 0 Å². The molecule has 144 valence electrons. The second kappa shape index (κ2) is 9.62. The molecular formula is C21H26N2O4. The van der Waals surface area contributed by atoms with Crippen LogP contribution >= 0.6 is 0 Å². The molecule has 2 rings (SSSR count). The Kier molecular flexibility index (Phi) is 7.23. The van der Waals surface area contributed by atoms with Crippen molar-refractivity contribution >= 4 is 17.5 Å². The quantitative estimate of drug-likeness (QED) is 0.775. The average Bonchev–Trinajstić information content (AvgIpc) is 2.60. The van der Waals surface area contributed by atoms with Gasteiger partial charge in [0.05, 0.1) is 13.0 Å². The molecule has 0 atom stereocenters. The average molecular weight is 370 g/mol. The molecule has 0 aliphatic rings. The fourth-order valence-corrected chi connectivity index (χ4v) is 2.41. The smallest absolute Gasteiger partial charge is 0.259 e. The predicted octanol–water partition coefficient (Wildman–Crippen LogP) is 3.18. The van der Waals surface area contributed by atoms with E-state index in [4.69, 9.17) is 9.47 Å². The summed E-state index contributed by atoms with van der Waals surface area (Å²) in [4.78, 5) is 25.0. The molecule has 0 bridgehead atoms. The van der Waals surface area contributed by atoms with E-state index in [-0.39, 0.29) is 24.8 Å². The molecule has 0 fully saturated rings. The lowest BCUT2D eigenvalue weighted by Gasteiger charge is -2.12. The van der Waals surface area contributed by atoms with Crippen LogP contribution in [0, 0.1) is 13.8 Å². The standard InChI is InChI=1S/C21H26N2O4/c1-15-11-16(2)13-19(12-15)26-10-9-20(24)22-17-5-7-18(8-6-17)27-14-21(25)23(3)4/h5-8,11-13H,9-10,14H2,1-4H3,(H,22,24). The molecule has 27 heavy (non-hydrogen) atoms. The zero-order valence-electron chi connectivity index (χ0n) is 16.2. The van der Waals surface area contributed by atoms with E-state index in [1.54, 1.807) is 38.4 Å². The largest absolute Gasteiger partial charge is 0.493 e. The Morgan fingerprint density at radius 2 is 1.56 bits per heavy atom. The van der Waals surface area contributed by atoms with Crippen molar-refractivity contribution < 1.29 is 19.1 Å². The number of nitrogens with one attached hydrogen (secondary N) is 1. The number of nitrogens with zero attached hydrogens (tertiary/aromatic N) is 1. The Bertz CT molecular complexity index is 765. The van der Waals surface area contributed by atoms with Gasteiger partial charge < -0.3 is 19.7 Å². The van der Waals surface area contributed by atoms with Crippen LogP contribution < -0.4 is 14.8 Å². The molecule has 1 N–H and O–H groups in total. The number of hydrogen-bond donors (Lipinski definition) is 1. The number of rotatable bonds is 8. The second-order valence-electron chi connectivity index (χ2n) is 6.57.